The van der Waals surface area contributed by atoms with Crippen molar-refractivity contribution in [2.75, 3.05) is 26.2 Å². The number of piperidine rings is 1. The molecule has 1 saturated heterocycles. The lowest BCUT2D eigenvalue weighted by atomic mass is 9.90. The fourth-order valence-corrected chi connectivity index (χ4v) is 2.59. The van der Waals surface area contributed by atoms with Gasteiger partial charge in [0.1, 0.15) is 0 Å². The zero-order valence-electron chi connectivity index (χ0n) is 10.00. The Balaban J connectivity index is 2.44. The summed E-state index contributed by atoms with van der Waals surface area (Å²) in [5.74, 6) is 0.779. The zero-order chi connectivity index (χ0) is 11.1. The predicted octanol–water partition coefficient (Wildman–Crippen LogP) is 1.61. The first-order valence-corrected chi connectivity index (χ1v) is 6.12. The van der Waals surface area contributed by atoms with Crippen molar-refractivity contribution in [3.63, 3.8) is 0 Å². The number of likely N-dealkylation sites (N-methyl/N-ethyl adjacent to an activating group) is 1. The lowest BCUT2D eigenvalue weighted by Gasteiger charge is -2.37. The summed E-state index contributed by atoms with van der Waals surface area (Å²) in [5.41, 5.74) is 0. The number of nitrogens with one attached hydrogen (secondary N) is 1. The molecule has 0 saturated carbocycles. The van der Waals surface area contributed by atoms with Crippen molar-refractivity contribution in [1.82, 2.24) is 10.2 Å². The molecule has 0 aliphatic carbocycles. The first kappa shape index (κ1) is 12.5. The largest absolute Gasteiger partial charge is 0.313 e. The second-order valence-corrected chi connectivity index (χ2v) is 4.50. The average molecular weight is 209 g/mol. The molecule has 0 spiro atoms. The van der Waals surface area contributed by atoms with Crippen molar-refractivity contribution < 1.29 is 0 Å². The van der Waals surface area contributed by atoms with Crippen molar-refractivity contribution >= 4 is 0 Å². The molecule has 86 valence electrons. The minimum Gasteiger partial charge on any atom is -0.313 e. The molecular formula is C12H23N3. The van der Waals surface area contributed by atoms with Crippen molar-refractivity contribution in [2.24, 2.45) is 5.92 Å². The van der Waals surface area contributed by atoms with Crippen LogP contribution < -0.4 is 5.32 Å². The van der Waals surface area contributed by atoms with Crippen LogP contribution in [0.1, 0.15) is 33.1 Å². The van der Waals surface area contributed by atoms with Gasteiger partial charge in [0.25, 0.3) is 0 Å². The molecule has 1 aliphatic rings. The smallest absolute Gasteiger partial charge is 0.0866 e. The highest BCUT2D eigenvalue weighted by molar-refractivity contribution is 4.87. The second-order valence-electron chi connectivity index (χ2n) is 4.50. The number of rotatable bonds is 5. The fraction of sp³-hybridized carbons (Fsp3) is 0.917. The van der Waals surface area contributed by atoms with Gasteiger partial charge in [-0.3, -0.25) is 4.90 Å². The number of hydrogen-bond acceptors (Lipinski definition) is 3. The van der Waals surface area contributed by atoms with E-state index >= 15 is 0 Å². The number of hydrogen-bond donors (Lipinski definition) is 1. The Morgan fingerprint density at radius 1 is 1.40 bits per heavy atom. The molecule has 0 aromatic carbocycles. The molecule has 2 atom stereocenters. The van der Waals surface area contributed by atoms with Gasteiger partial charge >= 0.3 is 0 Å². The minimum atomic E-state index is 0.585. The highest BCUT2D eigenvalue weighted by Crippen LogP contribution is 2.20. The number of nitrogens with zero attached hydrogens (tertiary/aromatic N) is 2. The van der Waals surface area contributed by atoms with Gasteiger partial charge < -0.3 is 5.32 Å². The molecule has 3 nitrogen and oxygen atoms in total. The standard InChI is InChI=1S/C12H23N3/c1-3-5-11-8-12(14-4-2)10-15(9-11)7-6-13/h11-12,14H,3-5,7-10H2,1-2H3. The quantitative estimate of drug-likeness (QED) is 0.699. The van der Waals surface area contributed by atoms with Crippen LogP contribution in [0.25, 0.3) is 0 Å². The first-order valence-electron chi connectivity index (χ1n) is 6.12. The van der Waals surface area contributed by atoms with Crippen LogP contribution in [-0.2, 0) is 0 Å². The van der Waals surface area contributed by atoms with E-state index in [0.29, 0.717) is 12.6 Å². The molecule has 15 heavy (non-hydrogen) atoms. The van der Waals surface area contributed by atoms with Crippen LogP contribution in [0.4, 0.5) is 0 Å². The Bertz CT molecular complexity index is 195. The summed E-state index contributed by atoms with van der Waals surface area (Å²) in [5, 5.41) is 12.2. The molecule has 0 bridgehead atoms. The minimum absolute atomic E-state index is 0.585. The van der Waals surface area contributed by atoms with Crippen LogP contribution in [0.5, 0.6) is 0 Å². The van der Waals surface area contributed by atoms with Gasteiger partial charge in [0, 0.05) is 19.1 Å². The Kier molecular flexibility index (Phi) is 5.67. The van der Waals surface area contributed by atoms with Crippen molar-refractivity contribution in [2.45, 2.75) is 39.2 Å². The molecule has 2 unspecified atom stereocenters. The van der Waals surface area contributed by atoms with Crippen LogP contribution in [-0.4, -0.2) is 37.1 Å². The zero-order valence-corrected chi connectivity index (χ0v) is 10.00. The summed E-state index contributed by atoms with van der Waals surface area (Å²) in [6.45, 7) is 8.17. The molecule has 0 aromatic heterocycles. The Hall–Kier alpha value is -0.590. The Morgan fingerprint density at radius 3 is 2.80 bits per heavy atom. The fourth-order valence-electron chi connectivity index (χ4n) is 2.59. The summed E-state index contributed by atoms with van der Waals surface area (Å²) in [6.07, 6.45) is 3.83. The average Bonchev–Trinajstić information content (AvgIpc) is 2.19. The summed E-state index contributed by atoms with van der Waals surface area (Å²) in [6, 6.07) is 2.85. The van der Waals surface area contributed by atoms with E-state index in [2.05, 4.69) is 30.1 Å². The van der Waals surface area contributed by atoms with E-state index in [9.17, 15) is 0 Å². The molecular weight excluding hydrogens is 186 g/mol. The molecule has 1 N–H and O–H groups in total. The third-order valence-corrected chi connectivity index (χ3v) is 3.10. The summed E-state index contributed by atoms with van der Waals surface area (Å²) in [4.78, 5) is 2.29. The van der Waals surface area contributed by atoms with E-state index in [1.807, 2.05) is 0 Å². The highest BCUT2D eigenvalue weighted by atomic mass is 15.2. The molecule has 3 heteroatoms. The normalized spacial score (nSPS) is 27.5. The second kappa shape index (κ2) is 6.81. The van der Waals surface area contributed by atoms with Crippen molar-refractivity contribution in [3.05, 3.63) is 0 Å². The van der Waals surface area contributed by atoms with E-state index in [-0.39, 0.29) is 0 Å². The van der Waals surface area contributed by atoms with E-state index in [1.54, 1.807) is 0 Å². The van der Waals surface area contributed by atoms with E-state index in [4.69, 9.17) is 5.26 Å². The monoisotopic (exact) mass is 209 g/mol. The predicted molar refractivity (Wildman–Crippen MR) is 62.5 cm³/mol. The van der Waals surface area contributed by atoms with Crippen molar-refractivity contribution in [1.29, 1.82) is 5.26 Å². The van der Waals surface area contributed by atoms with Gasteiger partial charge in [0.2, 0.25) is 0 Å². The van der Waals surface area contributed by atoms with Crippen LogP contribution in [0.15, 0.2) is 0 Å². The van der Waals surface area contributed by atoms with Crippen LogP contribution in [0, 0.1) is 17.2 Å². The third-order valence-electron chi connectivity index (χ3n) is 3.10. The maximum absolute atomic E-state index is 8.74. The maximum Gasteiger partial charge on any atom is 0.0866 e. The van der Waals surface area contributed by atoms with Crippen LogP contribution >= 0.6 is 0 Å². The first-order chi connectivity index (χ1) is 7.30. The lowest BCUT2D eigenvalue weighted by molar-refractivity contribution is 0.150. The van der Waals surface area contributed by atoms with Crippen LogP contribution in [0.3, 0.4) is 0 Å². The van der Waals surface area contributed by atoms with E-state index in [1.165, 1.54) is 19.3 Å². The molecule has 0 amide bonds. The van der Waals surface area contributed by atoms with Gasteiger partial charge in [0.15, 0.2) is 0 Å². The summed E-state index contributed by atoms with van der Waals surface area (Å²) >= 11 is 0. The van der Waals surface area contributed by atoms with Gasteiger partial charge in [-0.25, -0.2) is 0 Å². The van der Waals surface area contributed by atoms with Gasteiger partial charge in [-0.15, -0.1) is 0 Å². The summed E-state index contributed by atoms with van der Waals surface area (Å²) < 4.78 is 0. The molecule has 1 heterocycles. The topological polar surface area (TPSA) is 39.1 Å². The SMILES string of the molecule is CCCC1CC(NCC)CN(CC#N)C1. The van der Waals surface area contributed by atoms with Gasteiger partial charge in [-0.1, -0.05) is 20.3 Å². The molecule has 1 aliphatic heterocycles. The highest BCUT2D eigenvalue weighted by Gasteiger charge is 2.25. The van der Waals surface area contributed by atoms with Gasteiger partial charge in [0.05, 0.1) is 12.6 Å². The molecule has 0 aromatic rings. The molecule has 1 rings (SSSR count). The van der Waals surface area contributed by atoms with E-state index < -0.39 is 0 Å². The maximum atomic E-state index is 8.74. The third kappa shape index (κ3) is 4.19. The number of nitriles is 1. The molecule has 1 fully saturated rings. The van der Waals surface area contributed by atoms with Crippen molar-refractivity contribution in [3.8, 4) is 6.07 Å². The Labute approximate surface area is 93.5 Å². The van der Waals surface area contributed by atoms with Gasteiger partial charge in [-0.2, -0.15) is 5.26 Å². The van der Waals surface area contributed by atoms with E-state index in [0.717, 1.165) is 25.6 Å². The number of likely N-dealkylation sites (tertiary alicyclic amines) is 1. The molecule has 0 radical (unpaired) electrons. The Morgan fingerprint density at radius 2 is 2.20 bits per heavy atom. The van der Waals surface area contributed by atoms with Crippen LogP contribution in [0.2, 0.25) is 0 Å². The van der Waals surface area contributed by atoms with Gasteiger partial charge in [-0.05, 0) is 25.3 Å². The lowest BCUT2D eigenvalue weighted by Crippen LogP contribution is -2.49. The summed E-state index contributed by atoms with van der Waals surface area (Å²) in [7, 11) is 0.